The molecule has 0 N–H and O–H groups in total. The fourth-order valence-corrected chi connectivity index (χ4v) is 3.66. The largest absolute Gasteiger partial charge is 0.493 e. The first-order chi connectivity index (χ1) is 15.9. The van der Waals surface area contributed by atoms with E-state index in [4.69, 9.17) is 25.8 Å². The highest BCUT2D eigenvalue weighted by molar-refractivity contribution is 6.30. The van der Waals surface area contributed by atoms with Crippen molar-refractivity contribution in [2.24, 2.45) is 0 Å². The molecule has 0 spiro atoms. The van der Waals surface area contributed by atoms with Crippen LogP contribution in [0.25, 0.3) is 16.5 Å². The number of ether oxygens (including phenoxy) is 3. The monoisotopic (exact) mass is 463 g/mol. The van der Waals surface area contributed by atoms with Crippen LogP contribution in [0.2, 0.25) is 5.02 Å². The summed E-state index contributed by atoms with van der Waals surface area (Å²) in [5.74, 6) is 0.233. The van der Waals surface area contributed by atoms with Crippen molar-refractivity contribution in [3.05, 3.63) is 98.9 Å². The highest BCUT2D eigenvalue weighted by atomic mass is 35.5. The first kappa shape index (κ1) is 22.4. The van der Waals surface area contributed by atoms with Crippen molar-refractivity contribution in [1.29, 1.82) is 0 Å². The SMILES string of the molecule is COc1cc2c(C(=O)OCc3ccc(Cl)cc3)cn(-c3ccc(C)cc3)c(=O)c2cc1OC. The molecule has 0 saturated carbocycles. The number of benzene rings is 3. The van der Waals surface area contributed by atoms with Gasteiger partial charge in [-0.2, -0.15) is 0 Å². The van der Waals surface area contributed by atoms with E-state index in [1.165, 1.54) is 25.0 Å². The summed E-state index contributed by atoms with van der Waals surface area (Å²) in [6.07, 6.45) is 1.51. The van der Waals surface area contributed by atoms with Crippen LogP contribution in [0.15, 0.2) is 71.7 Å². The molecule has 0 radical (unpaired) electrons. The van der Waals surface area contributed by atoms with Gasteiger partial charge in [0.05, 0.1) is 25.2 Å². The van der Waals surface area contributed by atoms with Gasteiger partial charge in [-0.15, -0.1) is 0 Å². The molecule has 1 aromatic heterocycles. The standard InChI is InChI=1S/C26H22ClNO5/c1-16-4-10-19(11-5-16)28-14-22(26(30)33-15-17-6-8-18(27)9-7-17)20-12-23(31-2)24(32-3)13-21(20)25(28)29/h4-14H,15H2,1-3H3. The number of aryl methyl sites for hydroxylation is 1. The number of carbonyl (C=O) groups excluding carboxylic acids is 1. The third-order valence-electron chi connectivity index (χ3n) is 5.34. The number of esters is 1. The molecule has 0 bridgehead atoms. The second-order valence-corrected chi connectivity index (χ2v) is 7.95. The number of hydrogen-bond acceptors (Lipinski definition) is 5. The topological polar surface area (TPSA) is 66.8 Å². The molecule has 0 amide bonds. The third kappa shape index (κ3) is 4.56. The van der Waals surface area contributed by atoms with Gasteiger partial charge in [0.2, 0.25) is 0 Å². The molecule has 168 valence electrons. The van der Waals surface area contributed by atoms with Crippen LogP contribution in [0.1, 0.15) is 21.5 Å². The Balaban J connectivity index is 1.85. The Labute approximate surface area is 195 Å². The van der Waals surface area contributed by atoms with Crippen LogP contribution in [0.5, 0.6) is 11.5 Å². The van der Waals surface area contributed by atoms with E-state index in [0.29, 0.717) is 33.0 Å². The molecule has 0 saturated heterocycles. The first-order valence-electron chi connectivity index (χ1n) is 10.2. The minimum atomic E-state index is -0.567. The van der Waals surface area contributed by atoms with E-state index in [1.54, 1.807) is 36.4 Å². The zero-order valence-corrected chi connectivity index (χ0v) is 19.2. The van der Waals surface area contributed by atoms with Gasteiger partial charge in [-0.05, 0) is 48.9 Å². The van der Waals surface area contributed by atoms with Crippen LogP contribution >= 0.6 is 11.6 Å². The Bertz CT molecular complexity index is 1380. The molecule has 1 heterocycles. The maximum atomic E-state index is 13.4. The summed E-state index contributed by atoms with van der Waals surface area (Å²) in [5.41, 5.74) is 2.43. The smallest absolute Gasteiger partial charge is 0.340 e. The van der Waals surface area contributed by atoms with Gasteiger partial charge in [0.25, 0.3) is 5.56 Å². The first-order valence-corrected chi connectivity index (χ1v) is 10.6. The van der Waals surface area contributed by atoms with E-state index in [0.717, 1.165) is 11.1 Å². The maximum Gasteiger partial charge on any atom is 0.340 e. The summed E-state index contributed by atoms with van der Waals surface area (Å²) in [6, 6.07) is 17.7. The Morgan fingerprint density at radius 3 is 2.12 bits per heavy atom. The van der Waals surface area contributed by atoms with E-state index in [2.05, 4.69) is 0 Å². The molecule has 0 atom stereocenters. The van der Waals surface area contributed by atoms with Gasteiger partial charge < -0.3 is 14.2 Å². The summed E-state index contributed by atoms with van der Waals surface area (Å²) in [7, 11) is 2.99. The highest BCUT2D eigenvalue weighted by Gasteiger charge is 2.20. The van der Waals surface area contributed by atoms with Crippen molar-refractivity contribution in [3.8, 4) is 17.2 Å². The van der Waals surface area contributed by atoms with Crippen molar-refractivity contribution in [2.75, 3.05) is 14.2 Å². The second kappa shape index (κ2) is 9.38. The molecule has 4 aromatic rings. The molecule has 0 aliphatic carbocycles. The number of nitrogens with zero attached hydrogens (tertiary/aromatic N) is 1. The summed E-state index contributed by atoms with van der Waals surface area (Å²) in [5, 5.41) is 1.33. The van der Waals surface area contributed by atoms with Crippen LogP contribution in [0.3, 0.4) is 0 Å². The number of halogens is 1. The predicted molar refractivity (Wildman–Crippen MR) is 128 cm³/mol. The van der Waals surface area contributed by atoms with Crippen LogP contribution < -0.4 is 15.0 Å². The fraction of sp³-hybridized carbons (Fsp3) is 0.154. The van der Waals surface area contributed by atoms with Gasteiger partial charge in [-0.25, -0.2) is 4.79 Å². The summed E-state index contributed by atoms with van der Waals surface area (Å²) < 4.78 is 17.8. The Morgan fingerprint density at radius 2 is 1.52 bits per heavy atom. The molecule has 0 aliphatic rings. The van der Waals surface area contributed by atoms with Gasteiger partial charge >= 0.3 is 5.97 Å². The third-order valence-corrected chi connectivity index (χ3v) is 5.59. The maximum absolute atomic E-state index is 13.4. The molecule has 33 heavy (non-hydrogen) atoms. The molecular weight excluding hydrogens is 442 g/mol. The number of fused-ring (bicyclic) bond motifs is 1. The van der Waals surface area contributed by atoms with Gasteiger partial charge in [-0.1, -0.05) is 41.4 Å². The van der Waals surface area contributed by atoms with E-state index in [-0.39, 0.29) is 17.7 Å². The zero-order chi connectivity index (χ0) is 23.5. The fourth-order valence-electron chi connectivity index (χ4n) is 3.53. The lowest BCUT2D eigenvalue weighted by Gasteiger charge is -2.15. The molecule has 4 rings (SSSR count). The van der Waals surface area contributed by atoms with Gasteiger partial charge in [0.1, 0.15) is 6.61 Å². The van der Waals surface area contributed by atoms with E-state index >= 15 is 0 Å². The molecule has 0 unspecified atom stereocenters. The molecule has 6 nitrogen and oxygen atoms in total. The van der Waals surface area contributed by atoms with Crippen molar-refractivity contribution >= 4 is 28.3 Å². The number of pyridine rings is 1. The molecule has 0 aliphatic heterocycles. The number of methoxy groups -OCH3 is 2. The number of rotatable bonds is 6. The number of carbonyl (C=O) groups is 1. The summed E-state index contributed by atoms with van der Waals surface area (Å²) in [6.45, 7) is 2.03. The minimum absolute atomic E-state index is 0.0639. The van der Waals surface area contributed by atoms with E-state index < -0.39 is 5.97 Å². The Hall–Kier alpha value is -3.77. The van der Waals surface area contributed by atoms with Crippen molar-refractivity contribution in [2.45, 2.75) is 13.5 Å². The lowest BCUT2D eigenvalue weighted by Crippen LogP contribution is -2.21. The normalized spacial score (nSPS) is 10.8. The molecule has 3 aromatic carbocycles. The lowest BCUT2D eigenvalue weighted by atomic mass is 10.1. The van der Waals surface area contributed by atoms with Crippen molar-refractivity contribution in [3.63, 3.8) is 0 Å². The Morgan fingerprint density at radius 1 is 0.909 bits per heavy atom. The van der Waals surface area contributed by atoms with Crippen LogP contribution in [-0.4, -0.2) is 24.8 Å². The van der Waals surface area contributed by atoms with Crippen LogP contribution in [0.4, 0.5) is 0 Å². The Kier molecular flexibility index (Phi) is 6.38. The molecule has 7 heteroatoms. The number of aromatic nitrogens is 1. The van der Waals surface area contributed by atoms with Crippen molar-refractivity contribution in [1.82, 2.24) is 4.57 Å². The molecular formula is C26H22ClNO5. The summed E-state index contributed by atoms with van der Waals surface area (Å²) >= 11 is 5.93. The summed E-state index contributed by atoms with van der Waals surface area (Å²) in [4.78, 5) is 26.5. The van der Waals surface area contributed by atoms with E-state index in [9.17, 15) is 9.59 Å². The highest BCUT2D eigenvalue weighted by Crippen LogP contribution is 2.33. The van der Waals surface area contributed by atoms with Gasteiger partial charge in [0, 0.05) is 22.3 Å². The second-order valence-electron chi connectivity index (χ2n) is 7.51. The lowest BCUT2D eigenvalue weighted by molar-refractivity contribution is 0.0474. The molecule has 0 fully saturated rings. The average molecular weight is 464 g/mol. The van der Waals surface area contributed by atoms with Crippen LogP contribution in [0, 0.1) is 6.92 Å². The average Bonchev–Trinajstić information content (AvgIpc) is 2.83. The van der Waals surface area contributed by atoms with Crippen LogP contribution in [-0.2, 0) is 11.3 Å². The number of hydrogen-bond donors (Lipinski definition) is 0. The minimum Gasteiger partial charge on any atom is -0.493 e. The van der Waals surface area contributed by atoms with E-state index in [1.807, 2.05) is 31.2 Å². The van der Waals surface area contributed by atoms with Gasteiger partial charge in [-0.3, -0.25) is 9.36 Å². The predicted octanol–water partition coefficient (Wildman–Crippen LogP) is 5.33. The van der Waals surface area contributed by atoms with Crippen molar-refractivity contribution < 1.29 is 19.0 Å². The zero-order valence-electron chi connectivity index (χ0n) is 18.4. The quantitative estimate of drug-likeness (QED) is 0.362. The van der Waals surface area contributed by atoms with Gasteiger partial charge in [0.15, 0.2) is 11.5 Å².